The summed E-state index contributed by atoms with van der Waals surface area (Å²) < 4.78 is 5.78. The smallest absolute Gasteiger partial charge is 0.224 e. The molecule has 3 rings (SSSR count). The molecule has 1 aliphatic rings. The van der Waals surface area contributed by atoms with Crippen LogP contribution in [-0.4, -0.2) is 16.9 Å². The van der Waals surface area contributed by atoms with Gasteiger partial charge < -0.3 is 15.8 Å². The number of amides is 1. The van der Waals surface area contributed by atoms with Crippen LogP contribution in [-0.2, 0) is 11.4 Å². The van der Waals surface area contributed by atoms with Crippen molar-refractivity contribution in [1.29, 1.82) is 0 Å². The fourth-order valence-electron chi connectivity index (χ4n) is 2.91. The number of hydrogen-bond acceptors (Lipinski definition) is 5. The molecule has 1 aromatic carbocycles. The molecule has 1 aliphatic carbocycles. The number of nitrogens with two attached hydrogens (primary N) is 1. The number of carbonyl (C=O) groups is 1. The lowest BCUT2D eigenvalue weighted by Crippen LogP contribution is -2.28. The SMILES string of the molecule is N[C@@H]1CCC[C@H]1CC(=O)Nc1ccccc1OCc1cscn1. The van der Waals surface area contributed by atoms with Crippen LogP contribution in [0.3, 0.4) is 0 Å². The molecular weight excluding hydrogens is 310 g/mol. The van der Waals surface area contributed by atoms with Gasteiger partial charge in [0.2, 0.25) is 5.91 Å². The van der Waals surface area contributed by atoms with Gasteiger partial charge in [-0.2, -0.15) is 0 Å². The molecule has 23 heavy (non-hydrogen) atoms. The van der Waals surface area contributed by atoms with Crippen molar-refractivity contribution in [3.05, 3.63) is 40.8 Å². The Balaban J connectivity index is 1.59. The summed E-state index contributed by atoms with van der Waals surface area (Å²) in [5.41, 5.74) is 9.39. The van der Waals surface area contributed by atoms with E-state index >= 15 is 0 Å². The maximum Gasteiger partial charge on any atom is 0.224 e. The highest BCUT2D eigenvalue weighted by Crippen LogP contribution is 2.29. The second kappa shape index (κ2) is 7.57. The van der Waals surface area contributed by atoms with Crippen LogP contribution in [0.4, 0.5) is 5.69 Å². The maximum absolute atomic E-state index is 12.3. The molecule has 0 bridgehead atoms. The monoisotopic (exact) mass is 331 g/mol. The van der Waals surface area contributed by atoms with Crippen molar-refractivity contribution in [1.82, 2.24) is 4.98 Å². The Labute approximate surface area is 139 Å². The standard InChI is InChI=1S/C17H21N3O2S/c18-14-5-3-4-12(14)8-17(21)20-15-6-1-2-7-16(15)22-9-13-10-23-11-19-13/h1-2,6-7,10-12,14H,3-5,8-9,18H2,(H,20,21)/t12-,14+/m0/s1. The van der Waals surface area contributed by atoms with Crippen molar-refractivity contribution in [3.8, 4) is 5.75 Å². The lowest BCUT2D eigenvalue weighted by molar-refractivity contribution is -0.117. The molecule has 0 aliphatic heterocycles. The van der Waals surface area contributed by atoms with Crippen molar-refractivity contribution in [2.24, 2.45) is 11.7 Å². The second-order valence-corrected chi connectivity index (χ2v) is 6.59. The van der Waals surface area contributed by atoms with Crippen LogP contribution in [0.2, 0.25) is 0 Å². The van der Waals surface area contributed by atoms with E-state index in [1.807, 2.05) is 29.6 Å². The summed E-state index contributed by atoms with van der Waals surface area (Å²) in [6.07, 6.45) is 3.65. The number of anilines is 1. The number of hydrogen-bond donors (Lipinski definition) is 2. The molecule has 122 valence electrons. The van der Waals surface area contributed by atoms with Gasteiger partial charge in [0, 0.05) is 17.8 Å². The van der Waals surface area contributed by atoms with E-state index in [1.165, 1.54) is 11.3 Å². The fourth-order valence-corrected chi connectivity index (χ4v) is 3.46. The van der Waals surface area contributed by atoms with Gasteiger partial charge in [-0.05, 0) is 30.9 Å². The number of para-hydroxylation sites is 2. The molecule has 2 aromatic rings. The summed E-state index contributed by atoms with van der Waals surface area (Å²) in [6, 6.07) is 7.62. The van der Waals surface area contributed by atoms with Gasteiger partial charge in [-0.15, -0.1) is 11.3 Å². The second-order valence-electron chi connectivity index (χ2n) is 5.87. The molecule has 3 N–H and O–H groups in total. The van der Waals surface area contributed by atoms with Gasteiger partial charge in [-0.1, -0.05) is 18.6 Å². The minimum Gasteiger partial charge on any atom is -0.485 e. The van der Waals surface area contributed by atoms with Gasteiger partial charge in [0.1, 0.15) is 12.4 Å². The highest BCUT2D eigenvalue weighted by Gasteiger charge is 2.26. The van der Waals surface area contributed by atoms with Crippen LogP contribution in [0.5, 0.6) is 5.75 Å². The van der Waals surface area contributed by atoms with Gasteiger partial charge >= 0.3 is 0 Å². The van der Waals surface area contributed by atoms with Gasteiger partial charge in [0.05, 0.1) is 16.9 Å². The van der Waals surface area contributed by atoms with Crippen LogP contribution in [0.25, 0.3) is 0 Å². The number of ether oxygens (including phenoxy) is 1. The van der Waals surface area contributed by atoms with E-state index in [0.29, 0.717) is 24.5 Å². The zero-order valence-electron chi connectivity index (χ0n) is 12.9. The summed E-state index contributed by atoms with van der Waals surface area (Å²) in [5, 5.41) is 4.90. The van der Waals surface area contributed by atoms with E-state index in [9.17, 15) is 4.79 Å². The van der Waals surface area contributed by atoms with Gasteiger partial charge in [-0.25, -0.2) is 4.98 Å². The van der Waals surface area contributed by atoms with Crippen molar-refractivity contribution in [2.75, 3.05) is 5.32 Å². The summed E-state index contributed by atoms with van der Waals surface area (Å²) in [7, 11) is 0. The lowest BCUT2D eigenvalue weighted by atomic mass is 10.00. The number of nitrogens with zero attached hydrogens (tertiary/aromatic N) is 1. The van der Waals surface area contributed by atoms with Crippen LogP contribution in [0.15, 0.2) is 35.2 Å². The van der Waals surface area contributed by atoms with Crippen molar-refractivity contribution < 1.29 is 9.53 Å². The first-order chi connectivity index (χ1) is 11.2. The third kappa shape index (κ3) is 4.30. The third-order valence-corrected chi connectivity index (χ3v) is 4.82. The Morgan fingerprint density at radius 3 is 3.00 bits per heavy atom. The van der Waals surface area contributed by atoms with Crippen molar-refractivity contribution >= 4 is 22.9 Å². The summed E-state index contributed by atoms with van der Waals surface area (Å²) in [6.45, 7) is 0.393. The fraction of sp³-hybridized carbons (Fsp3) is 0.412. The highest BCUT2D eigenvalue weighted by atomic mass is 32.1. The van der Waals surface area contributed by atoms with Crippen molar-refractivity contribution in [2.45, 2.75) is 38.3 Å². The molecule has 1 saturated carbocycles. The molecule has 0 saturated heterocycles. The number of rotatable bonds is 6. The summed E-state index contributed by atoms with van der Waals surface area (Å²) >= 11 is 1.53. The van der Waals surface area contributed by atoms with E-state index in [1.54, 1.807) is 5.51 Å². The Morgan fingerprint density at radius 2 is 2.26 bits per heavy atom. The quantitative estimate of drug-likeness (QED) is 0.852. The number of aromatic nitrogens is 1. The number of thiazole rings is 1. The molecule has 2 atom stereocenters. The van der Waals surface area contributed by atoms with E-state index in [4.69, 9.17) is 10.5 Å². The van der Waals surface area contributed by atoms with Crippen molar-refractivity contribution in [3.63, 3.8) is 0 Å². The summed E-state index contributed by atoms with van der Waals surface area (Å²) in [5.74, 6) is 0.944. The molecule has 1 fully saturated rings. The number of carbonyl (C=O) groups excluding carboxylic acids is 1. The number of benzene rings is 1. The Hall–Kier alpha value is -1.92. The third-order valence-electron chi connectivity index (χ3n) is 4.19. The van der Waals surface area contributed by atoms with Crippen LogP contribution in [0.1, 0.15) is 31.4 Å². The first-order valence-corrected chi connectivity index (χ1v) is 8.81. The van der Waals surface area contributed by atoms with Crippen LogP contribution >= 0.6 is 11.3 Å². The lowest BCUT2D eigenvalue weighted by Gasteiger charge is -2.16. The van der Waals surface area contributed by atoms with E-state index < -0.39 is 0 Å². The van der Waals surface area contributed by atoms with Crippen LogP contribution < -0.4 is 15.8 Å². The molecular formula is C17H21N3O2S. The Morgan fingerprint density at radius 1 is 1.39 bits per heavy atom. The van der Waals surface area contributed by atoms with Gasteiger partial charge in [0.25, 0.3) is 0 Å². The predicted octanol–water partition coefficient (Wildman–Crippen LogP) is 3.18. The average molecular weight is 331 g/mol. The Bertz CT molecular complexity index is 645. The molecule has 5 nitrogen and oxygen atoms in total. The number of nitrogens with one attached hydrogen (secondary N) is 1. The largest absolute Gasteiger partial charge is 0.485 e. The van der Waals surface area contributed by atoms with Gasteiger partial charge in [0.15, 0.2) is 0 Å². The minimum atomic E-state index is -0.00272. The molecule has 6 heteroatoms. The van der Waals surface area contributed by atoms with Gasteiger partial charge in [-0.3, -0.25) is 4.79 Å². The average Bonchev–Trinajstić information content (AvgIpc) is 3.19. The predicted molar refractivity (Wildman–Crippen MR) is 91.5 cm³/mol. The van der Waals surface area contributed by atoms with E-state index in [2.05, 4.69) is 10.3 Å². The molecule has 1 heterocycles. The molecule has 1 amide bonds. The normalized spacial score (nSPS) is 20.4. The molecule has 0 unspecified atom stereocenters. The topological polar surface area (TPSA) is 77.2 Å². The molecule has 0 spiro atoms. The zero-order chi connectivity index (χ0) is 16.1. The molecule has 1 aromatic heterocycles. The first-order valence-electron chi connectivity index (χ1n) is 7.86. The van der Waals surface area contributed by atoms with E-state index in [0.717, 1.165) is 25.0 Å². The minimum absolute atomic E-state index is 0.00272. The van der Waals surface area contributed by atoms with Crippen LogP contribution in [0, 0.1) is 5.92 Å². The molecule has 0 radical (unpaired) electrons. The first kappa shape index (κ1) is 16.0. The highest BCUT2D eigenvalue weighted by molar-refractivity contribution is 7.07. The Kier molecular flexibility index (Phi) is 5.25. The summed E-state index contributed by atoms with van der Waals surface area (Å²) in [4.78, 5) is 16.5. The zero-order valence-corrected chi connectivity index (χ0v) is 13.7. The van der Waals surface area contributed by atoms with E-state index in [-0.39, 0.29) is 17.9 Å². The maximum atomic E-state index is 12.3.